The van der Waals surface area contributed by atoms with Gasteiger partial charge in [0.15, 0.2) is 11.5 Å². The summed E-state index contributed by atoms with van der Waals surface area (Å²) in [5.41, 5.74) is 4.41. The Bertz CT molecular complexity index is 613. The lowest BCUT2D eigenvalue weighted by atomic mass is 10.2. The van der Waals surface area contributed by atoms with E-state index in [-0.39, 0.29) is 6.54 Å². The van der Waals surface area contributed by atoms with Crippen LogP contribution in [0.2, 0.25) is 0 Å². The number of nitro benzene ring substituents is 1. The van der Waals surface area contributed by atoms with E-state index in [9.17, 15) is 18.9 Å². The summed E-state index contributed by atoms with van der Waals surface area (Å²) in [5, 5.41) is 17.9. The lowest BCUT2D eigenvalue weighted by Crippen LogP contribution is -2.05. The first-order valence-electron chi connectivity index (χ1n) is 4.78. The highest BCUT2D eigenvalue weighted by molar-refractivity contribution is 5.53. The van der Waals surface area contributed by atoms with Crippen LogP contribution in [-0.4, -0.2) is 19.9 Å². The van der Waals surface area contributed by atoms with Gasteiger partial charge in [0.2, 0.25) is 0 Å². The van der Waals surface area contributed by atoms with Crippen LogP contribution in [-0.2, 0) is 6.54 Å². The Morgan fingerprint density at radius 3 is 2.72 bits per heavy atom. The SMILES string of the molecule is NCc1cn(-c2c(F)cc(F)cc2[N+](=O)[O-])nn1. The maximum Gasteiger partial charge on any atom is 0.300 e. The van der Waals surface area contributed by atoms with Crippen LogP contribution in [0.1, 0.15) is 5.69 Å². The van der Waals surface area contributed by atoms with Crippen LogP contribution in [0.25, 0.3) is 5.69 Å². The van der Waals surface area contributed by atoms with Crippen molar-refractivity contribution in [3.63, 3.8) is 0 Å². The summed E-state index contributed by atoms with van der Waals surface area (Å²) in [7, 11) is 0. The second-order valence-electron chi connectivity index (χ2n) is 3.37. The van der Waals surface area contributed by atoms with Crippen molar-refractivity contribution in [2.75, 3.05) is 0 Å². The van der Waals surface area contributed by atoms with Crippen molar-refractivity contribution >= 4 is 5.69 Å². The minimum absolute atomic E-state index is 0.0522. The second kappa shape index (κ2) is 4.45. The first-order chi connectivity index (χ1) is 8.52. The molecule has 0 aliphatic heterocycles. The van der Waals surface area contributed by atoms with E-state index < -0.39 is 27.9 Å². The van der Waals surface area contributed by atoms with Gasteiger partial charge in [0.05, 0.1) is 22.9 Å². The summed E-state index contributed by atoms with van der Waals surface area (Å²) in [6, 6.07) is 1.15. The lowest BCUT2D eigenvalue weighted by Gasteiger charge is -2.03. The van der Waals surface area contributed by atoms with Crippen molar-refractivity contribution < 1.29 is 13.7 Å². The molecule has 9 heteroatoms. The normalized spacial score (nSPS) is 10.6. The van der Waals surface area contributed by atoms with E-state index in [1.165, 1.54) is 6.20 Å². The van der Waals surface area contributed by atoms with Gasteiger partial charge in [0.1, 0.15) is 5.82 Å². The second-order valence-corrected chi connectivity index (χ2v) is 3.37. The molecule has 7 nitrogen and oxygen atoms in total. The molecule has 1 aromatic carbocycles. The smallest absolute Gasteiger partial charge is 0.300 e. The summed E-state index contributed by atoms with van der Waals surface area (Å²) < 4.78 is 27.4. The van der Waals surface area contributed by atoms with E-state index in [1.807, 2.05) is 0 Å². The standard InChI is InChI=1S/C9H7F2N5O2/c10-5-1-7(11)9(8(2-5)16(17)18)15-4-6(3-12)13-14-15/h1-2,4H,3,12H2. The van der Waals surface area contributed by atoms with E-state index in [1.54, 1.807) is 0 Å². The summed E-state index contributed by atoms with van der Waals surface area (Å²) >= 11 is 0. The Labute approximate surface area is 99.0 Å². The molecule has 1 heterocycles. The van der Waals surface area contributed by atoms with Gasteiger partial charge >= 0.3 is 5.69 Å². The van der Waals surface area contributed by atoms with Gasteiger partial charge in [-0.15, -0.1) is 5.10 Å². The average Bonchev–Trinajstić information content (AvgIpc) is 2.76. The van der Waals surface area contributed by atoms with Crippen LogP contribution in [0.15, 0.2) is 18.3 Å². The summed E-state index contributed by atoms with van der Waals surface area (Å²) in [5.74, 6) is -2.14. The molecule has 18 heavy (non-hydrogen) atoms. The van der Waals surface area contributed by atoms with Gasteiger partial charge in [0.25, 0.3) is 0 Å². The van der Waals surface area contributed by atoms with Crippen molar-refractivity contribution in [1.29, 1.82) is 0 Å². The van der Waals surface area contributed by atoms with E-state index in [2.05, 4.69) is 10.3 Å². The van der Waals surface area contributed by atoms with Gasteiger partial charge in [-0.3, -0.25) is 10.1 Å². The number of nitrogens with two attached hydrogens (primary N) is 1. The third-order valence-electron chi connectivity index (χ3n) is 2.18. The van der Waals surface area contributed by atoms with Crippen LogP contribution in [0, 0.1) is 21.7 Å². The Balaban J connectivity index is 2.65. The van der Waals surface area contributed by atoms with Gasteiger partial charge in [-0.2, -0.15) is 0 Å². The molecule has 0 unspecified atom stereocenters. The monoisotopic (exact) mass is 255 g/mol. The molecule has 0 spiro atoms. The summed E-state index contributed by atoms with van der Waals surface area (Å²) in [6.07, 6.45) is 1.24. The number of benzene rings is 1. The molecule has 0 saturated carbocycles. The Kier molecular flexibility index (Phi) is 2.98. The highest BCUT2D eigenvalue weighted by atomic mass is 19.1. The molecule has 0 atom stereocenters. The molecule has 0 aliphatic rings. The third kappa shape index (κ3) is 2.02. The quantitative estimate of drug-likeness (QED) is 0.649. The Morgan fingerprint density at radius 2 is 2.17 bits per heavy atom. The largest absolute Gasteiger partial charge is 0.325 e. The molecule has 0 radical (unpaired) electrons. The third-order valence-corrected chi connectivity index (χ3v) is 2.18. The van der Waals surface area contributed by atoms with E-state index in [4.69, 9.17) is 5.73 Å². The molecule has 2 N–H and O–H groups in total. The molecule has 0 saturated heterocycles. The van der Waals surface area contributed by atoms with Gasteiger partial charge < -0.3 is 5.73 Å². The molecule has 0 amide bonds. The molecule has 0 bridgehead atoms. The van der Waals surface area contributed by atoms with Gasteiger partial charge in [0, 0.05) is 12.6 Å². The fourth-order valence-corrected chi connectivity index (χ4v) is 1.42. The number of hydrogen-bond donors (Lipinski definition) is 1. The molecular formula is C9H7F2N5O2. The van der Waals surface area contributed by atoms with Crippen LogP contribution in [0.5, 0.6) is 0 Å². The van der Waals surface area contributed by atoms with E-state index in [0.717, 1.165) is 4.68 Å². The number of nitrogens with zero attached hydrogens (tertiary/aromatic N) is 4. The zero-order chi connectivity index (χ0) is 13.3. The number of halogens is 2. The highest BCUT2D eigenvalue weighted by Crippen LogP contribution is 2.26. The van der Waals surface area contributed by atoms with Crippen molar-refractivity contribution in [3.05, 3.63) is 45.8 Å². The average molecular weight is 255 g/mol. The predicted octanol–water partition coefficient (Wildman–Crippen LogP) is 0.912. The zero-order valence-corrected chi connectivity index (χ0v) is 8.88. The van der Waals surface area contributed by atoms with Gasteiger partial charge in [-0.25, -0.2) is 13.5 Å². The Morgan fingerprint density at radius 1 is 1.44 bits per heavy atom. The molecule has 0 fully saturated rings. The topological polar surface area (TPSA) is 99.9 Å². The molecule has 94 valence electrons. The highest BCUT2D eigenvalue weighted by Gasteiger charge is 2.23. The maximum absolute atomic E-state index is 13.6. The van der Waals surface area contributed by atoms with Crippen LogP contribution < -0.4 is 5.73 Å². The number of nitro groups is 1. The summed E-state index contributed by atoms with van der Waals surface area (Å²) in [6.45, 7) is 0.0522. The van der Waals surface area contributed by atoms with Crippen LogP contribution >= 0.6 is 0 Å². The molecular weight excluding hydrogens is 248 g/mol. The molecule has 1 aromatic heterocycles. The van der Waals surface area contributed by atoms with Crippen LogP contribution in [0.3, 0.4) is 0 Å². The predicted molar refractivity (Wildman–Crippen MR) is 55.8 cm³/mol. The lowest BCUT2D eigenvalue weighted by molar-refractivity contribution is -0.385. The van der Waals surface area contributed by atoms with Crippen LogP contribution in [0.4, 0.5) is 14.5 Å². The van der Waals surface area contributed by atoms with Gasteiger partial charge in [-0.05, 0) is 0 Å². The van der Waals surface area contributed by atoms with Crippen molar-refractivity contribution in [2.45, 2.75) is 6.54 Å². The minimum Gasteiger partial charge on any atom is -0.325 e. The first kappa shape index (κ1) is 12.0. The van der Waals surface area contributed by atoms with Crippen molar-refractivity contribution in [3.8, 4) is 5.69 Å². The van der Waals surface area contributed by atoms with Gasteiger partial charge in [-0.1, -0.05) is 5.21 Å². The molecule has 0 aliphatic carbocycles. The fourth-order valence-electron chi connectivity index (χ4n) is 1.42. The van der Waals surface area contributed by atoms with Crippen molar-refractivity contribution in [1.82, 2.24) is 15.0 Å². The first-order valence-corrected chi connectivity index (χ1v) is 4.78. The van der Waals surface area contributed by atoms with Crippen molar-refractivity contribution in [2.24, 2.45) is 5.73 Å². The number of hydrogen-bond acceptors (Lipinski definition) is 5. The summed E-state index contributed by atoms with van der Waals surface area (Å²) in [4.78, 5) is 9.86. The minimum atomic E-state index is -1.10. The number of aromatic nitrogens is 3. The zero-order valence-electron chi connectivity index (χ0n) is 8.88. The maximum atomic E-state index is 13.6. The molecule has 2 aromatic rings. The van der Waals surface area contributed by atoms with E-state index >= 15 is 0 Å². The fraction of sp³-hybridized carbons (Fsp3) is 0.111. The molecule has 2 rings (SSSR count). The number of rotatable bonds is 3. The Hall–Kier alpha value is -2.42. The van der Waals surface area contributed by atoms with E-state index in [0.29, 0.717) is 17.8 Å².